The summed E-state index contributed by atoms with van der Waals surface area (Å²) in [5.41, 5.74) is 0.349. The van der Waals surface area contributed by atoms with E-state index >= 15 is 0 Å². The third kappa shape index (κ3) is 2.90. The van der Waals surface area contributed by atoms with Crippen LogP contribution >= 0.6 is 8.45 Å². The molecular formula is C10H23N2OP. The van der Waals surface area contributed by atoms with Crippen molar-refractivity contribution in [3.63, 3.8) is 0 Å². The van der Waals surface area contributed by atoms with Gasteiger partial charge in [0.1, 0.15) is 0 Å². The van der Waals surface area contributed by atoms with Gasteiger partial charge in [0.25, 0.3) is 0 Å². The highest BCUT2D eigenvalue weighted by molar-refractivity contribution is 7.47. The quantitative estimate of drug-likeness (QED) is 0.628. The highest BCUT2D eigenvalue weighted by Crippen LogP contribution is 2.48. The van der Waals surface area contributed by atoms with E-state index in [1.54, 1.807) is 0 Å². The molecule has 2 atom stereocenters. The second-order valence-corrected chi connectivity index (χ2v) is 7.55. The van der Waals surface area contributed by atoms with Crippen molar-refractivity contribution in [1.29, 1.82) is 0 Å². The van der Waals surface area contributed by atoms with Gasteiger partial charge in [-0.05, 0) is 26.6 Å². The van der Waals surface area contributed by atoms with Crippen LogP contribution in [0.1, 0.15) is 20.8 Å². The van der Waals surface area contributed by atoms with Crippen molar-refractivity contribution in [1.82, 2.24) is 9.34 Å². The average molecular weight is 218 g/mol. The maximum absolute atomic E-state index is 5.91. The molecular weight excluding hydrogens is 195 g/mol. The van der Waals surface area contributed by atoms with E-state index in [-0.39, 0.29) is 0 Å². The molecule has 84 valence electrons. The minimum absolute atomic E-state index is 0.349. The molecule has 0 saturated carbocycles. The lowest BCUT2D eigenvalue weighted by Crippen LogP contribution is -2.40. The largest absolute Gasteiger partial charge is 0.331 e. The van der Waals surface area contributed by atoms with Gasteiger partial charge in [0.15, 0.2) is 8.45 Å². The average Bonchev–Trinajstić information content (AvgIpc) is 2.01. The van der Waals surface area contributed by atoms with E-state index in [0.29, 0.717) is 11.3 Å². The number of rotatable bonds is 1. The molecule has 0 aromatic carbocycles. The lowest BCUT2D eigenvalue weighted by atomic mass is 9.81. The Labute approximate surface area is 89.3 Å². The molecule has 0 amide bonds. The summed E-state index contributed by atoms with van der Waals surface area (Å²) in [5, 5.41) is 0. The number of hydrogen-bond donors (Lipinski definition) is 0. The van der Waals surface area contributed by atoms with Crippen molar-refractivity contribution in [3.8, 4) is 0 Å². The second kappa shape index (κ2) is 4.44. The van der Waals surface area contributed by atoms with Gasteiger partial charge >= 0.3 is 0 Å². The Bertz CT molecular complexity index is 191. The molecule has 0 aromatic rings. The first-order valence-electron chi connectivity index (χ1n) is 5.13. The summed E-state index contributed by atoms with van der Waals surface area (Å²) in [6.45, 7) is 8.92. The minimum Gasteiger partial charge on any atom is -0.331 e. The van der Waals surface area contributed by atoms with E-state index in [1.807, 2.05) is 0 Å². The summed E-state index contributed by atoms with van der Waals surface area (Å²) in [4.78, 5) is 0. The van der Waals surface area contributed by atoms with Gasteiger partial charge in [0, 0.05) is 12.5 Å². The Morgan fingerprint density at radius 1 is 1.36 bits per heavy atom. The molecule has 0 bridgehead atoms. The molecule has 0 N–H and O–H groups in total. The van der Waals surface area contributed by atoms with Crippen LogP contribution in [-0.2, 0) is 4.52 Å². The van der Waals surface area contributed by atoms with Crippen LogP contribution in [0.3, 0.4) is 0 Å². The summed E-state index contributed by atoms with van der Waals surface area (Å²) >= 11 is 0. The van der Waals surface area contributed by atoms with E-state index in [9.17, 15) is 0 Å². The van der Waals surface area contributed by atoms with Crippen LogP contribution in [0.2, 0.25) is 0 Å². The standard InChI is InChI=1S/C10H23N2OP/c1-10(2,3)9-7-12(6)14(11(4)5)13-8-9/h9H,7-8H2,1-6H3/t9-,14-/m0/s1. The first kappa shape index (κ1) is 12.4. The summed E-state index contributed by atoms with van der Waals surface area (Å²) in [5.74, 6) is 0.645. The van der Waals surface area contributed by atoms with Gasteiger partial charge in [-0.2, -0.15) is 0 Å². The minimum atomic E-state index is -0.499. The van der Waals surface area contributed by atoms with E-state index < -0.39 is 8.45 Å². The zero-order valence-electron chi connectivity index (χ0n) is 10.2. The predicted octanol–water partition coefficient (Wildman–Crippen LogP) is 2.40. The van der Waals surface area contributed by atoms with Crippen molar-refractivity contribution in [2.75, 3.05) is 34.3 Å². The van der Waals surface area contributed by atoms with E-state index in [1.165, 1.54) is 0 Å². The molecule has 0 spiro atoms. The lowest BCUT2D eigenvalue weighted by Gasteiger charge is -2.43. The maximum Gasteiger partial charge on any atom is 0.187 e. The summed E-state index contributed by atoms with van der Waals surface area (Å²) < 4.78 is 10.4. The molecule has 0 aliphatic carbocycles. The van der Waals surface area contributed by atoms with Gasteiger partial charge in [-0.3, -0.25) is 4.67 Å². The Balaban J connectivity index is 2.55. The SMILES string of the molecule is CN(C)[P@]1OC[C@@H](C(C)(C)C)CN1C. The van der Waals surface area contributed by atoms with Crippen molar-refractivity contribution in [3.05, 3.63) is 0 Å². The van der Waals surface area contributed by atoms with Gasteiger partial charge in [-0.25, -0.2) is 4.67 Å². The maximum atomic E-state index is 5.91. The Kier molecular flexibility index (Phi) is 3.93. The van der Waals surface area contributed by atoms with Gasteiger partial charge in [-0.1, -0.05) is 20.8 Å². The van der Waals surface area contributed by atoms with Crippen LogP contribution in [0.15, 0.2) is 0 Å². The fourth-order valence-corrected chi connectivity index (χ4v) is 3.33. The highest BCUT2D eigenvalue weighted by Gasteiger charge is 2.34. The van der Waals surface area contributed by atoms with Crippen LogP contribution in [0.4, 0.5) is 0 Å². The number of nitrogens with zero attached hydrogens (tertiary/aromatic N) is 2. The Morgan fingerprint density at radius 2 is 1.93 bits per heavy atom. The molecule has 0 radical (unpaired) electrons. The molecule has 3 nitrogen and oxygen atoms in total. The molecule has 0 aromatic heterocycles. The van der Waals surface area contributed by atoms with E-state index in [0.717, 1.165) is 13.2 Å². The fourth-order valence-electron chi connectivity index (χ4n) is 1.64. The van der Waals surface area contributed by atoms with Crippen LogP contribution in [0, 0.1) is 11.3 Å². The molecule has 4 heteroatoms. The van der Waals surface area contributed by atoms with Crippen molar-refractivity contribution < 1.29 is 4.52 Å². The zero-order chi connectivity index (χ0) is 10.9. The van der Waals surface area contributed by atoms with Crippen LogP contribution in [0.5, 0.6) is 0 Å². The smallest absolute Gasteiger partial charge is 0.187 e. The first-order valence-corrected chi connectivity index (χ1v) is 6.30. The van der Waals surface area contributed by atoms with Crippen LogP contribution in [0.25, 0.3) is 0 Å². The lowest BCUT2D eigenvalue weighted by molar-refractivity contribution is 0.0939. The van der Waals surface area contributed by atoms with Crippen LogP contribution < -0.4 is 0 Å². The summed E-state index contributed by atoms with van der Waals surface area (Å²) in [6.07, 6.45) is 0. The molecule has 1 rings (SSSR count). The van der Waals surface area contributed by atoms with Crippen molar-refractivity contribution in [2.24, 2.45) is 11.3 Å². The van der Waals surface area contributed by atoms with Crippen molar-refractivity contribution >= 4 is 8.45 Å². The number of hydrogen-bond acceptors (Lipinski definition) is 3. The van der Waals surface area contributed by atoms with E-state index in [2.05, 4.69) is 51.3 Å². The van der Waals surface area contributed by atoms with Gasteiger partial charge < -0.3 is 4.52 Å². The summed E-state index contributed by atoms with van der Waals surface area (Å²) in [6, 6.07) is 0. The zero-order valence-corrected chi connectivity index (χ0v) is 11.1. The molecule has 1 saturated heterocycles. The Hall–Kier alpha value is 0.310. The van der Waals surface area contributed by atoms with Gasteiger partial charge in [0.05, 0.1) is 6.61 Å². The molecule has 0 unspecified atom stereocenters. The molecule has 1 fully saturated rings. The van der Waals surface area contributed by atoms with Gasteiger partial charge in [-0.15, -0.1) is 0 Å². The highest BCUT2D eigenvalue weighted by atomic mass is 31.2. The Morgan fingerprint density at radius 3 is 2.29 bits per heavy atom. The normalized spacial score (nSPS) is 31.1. The van der Waals surface area contributed by atoms with E-state index in [4.69, 9.17) is 4.52 Å². The first-order chi connectivity index (χ1) is 6.32. The monoisotopic (exact) mass is 218 g/mol. The van der Waals surface area contributed by atoms with Gasteiger partial charge in [0.2, 0.25) is 0 Å². The molecule has 1 heterocycles. The third-order valence-electron chi connectivity index (χ3n) is 2.73. The fraction of sp³-hybridized carbons (Fsp3) is 1.00. The molecule has 1 aliphatic heterocycles. The second-order valence-electron chi connectivity index (χ2n) is 5.30. The topological polar surface area (TPSA) is 15.7 Å². The third-order valence-corrected chi connectivity index (χ3v) is 4.55. The molecule has 1 aliphatic rings. The van der Waals surface area contributed by atoms with Crippen LogP contribution in [-0.4, -0.2) is 43.6 Å². The predicted molar refractivity (Wildman–Crippen MR) is 62.1 cm³/mol. The summed E-state index contributed by atoms with van der Waals surface area (Å²) in [7, 11) is 5.82. The molecule has 14 heavy (non-hydrogen) atoms. The van der Waals surface area contributed by atoms with Crippen molar-refractivity contribution in [2.45, 2.75) is 20.8 Å².